The number of rotatable bonds is 4. The predicted octanol–water partition coefficient (Wildman–Crippen LogP) is 3.32. The van der Waals surface area contributed by atoms with Crippen LogP contribution in [0.15, 0.2) is 24.3 Å². The summed E-state index contributed by atoms with van der Waals surface area (Å²) in [6.07, 6.45) is 4.27. The van der Waals surface area contributed by atoms with E-state index in [4.69, 9.17) is 5.11 Å². The third-order valence-corrected chi connectivity index (χ3v) is 2.28. The van der Waals surface area contributed by atoms with Gasteiger partial charge >= 0.3 is 5.97 Å². The largest absolute Gasteiger partial charge is 0.478 e. The first-order chi connectivity index (χ1) is 7.15. The van der Waals surface area contributed by atoms with Gasteiger partial charge in [0.1, 0.15) is 5.82 Å². The first-order valence-electron chi connectivity index (χ1n) is 4.40. The van der Waals surface area contributed by atoms with Crippen LogP contribution in [0.3, 0.4) is 0 Å². The quantitative estimate of drug-likeness (QED) is 0.854. The molecule has 0 unspecified atom stereocenters. The van der Waals surface area contributed by atoms with Crippen LogP contribution in [0.5, 0.6) is 0 Å². The van der Waals surface area contributed by atoms with Crippen molar-refractivity contribution in [1.29, 1.82) is 0 Å². The van der Waals surface area contributed by atoms with Gasteiger partial charge in [0, 0.05) is 10.9 Å². The summed E-state index contributed by atoms with van der Waals surface area (Å²) in [5.74, 6) is -1.63. The van der Waals surface area contributed by atoms with Gasteiger partial charge in [0.2, 0.25) is 0 Å². The standard InChI is InChI=1S/C11H10BrFO2/c12-6-2-1-3-8-4-5-9(11(14)15)7-10(8)13/h1,3-5,7H,2,6H2,(H,14,15). The van der Waals surface area contributed by atoms with Crippen LogP contribution < -0.4 is 0 Å². The van der Waals surface area contributed by atoms with Crippen molar-refractivity contribution in [3.8, 4) is 0 Å². The molecule has 15 heavy (non-hydrogen) atoms. The van der Waals surface area contributed by atoms with E-state index in [0.717, 1.165) is 17.8 Å². The van der Waals surface area contributed by atoms with Crippen molar-refractivity contribution < 1.29 is 14.3 Å². The van der Waals surface area contributed by atoms with Gasteiger partial charge in [-0.15, -0.1) is 0 Å². The number of carboxylic acid groups (broad SMARTS) is 1. The summed E-state index contributed by atoms with van der Waals surface area (Å²) in [7, 11) is 0. The van der Waals surface area contributed by atoms with Gasteiger partial charge in [-0.1, -0.05) is 34.1 Å². The van der Waals surface area contributed by atoms with Crippen LogP contribution in [0.1, 0.15) is 22.3 Å². The first kappa shape index (κ1) is 11.9. The molecule has 0 aliphatic rings. The van der Waals surface area contributed by atoms with Crippen molar-refractivity contribution >= 4 is 28.0 Å². The summed E-state index contributed by atoms with van der Waals surface area (Å²) in [5, 5.41) is 9.44. The highest BCUT2D eigenvalue weighted by Crippen LogP contribution is 2.12. The molecule has 0 aromatic heterocycles. The second kappa shape index (κ2) is 5.66. The molecule has 0 spiro atoms. The molecule has 1 aromatic carbocycles. The Balaban J connectivity index is 2.88. The van der Waals surface area contributed by atoms with Crippen LogP contribution in [0.25, 0.3) is 6.08 Å². The molecule has 2 nitrogen and oxygen atoms in total. The average molecular weight is 273 g/mol. The van der Waals surface area contributed by atoms with Gasteiger partial charge in [-0.25, -0.2) is 9.18 Å². The molecule has 0 bridgehead atoms. The summed E-state index contributed by atoms with van der Waals surface area (Å²) in [6, 6.07) is 3.87. The molecule has 0 saturated carbocycles. The van der Waals surface area contributed by atoms with Gasteiger partial charge in [-0.2, -0.15) is 0 Å². The Labute approximate surface area is 95.6 Å². The maximum absolute atomic E-state index is 13.3. The highest BCUT2D eigenvalue weighted by Gasteiger charge is 2.05. The highest BCUT2D eigenvalue weighted by molar-refractivity contribution is 9.09. The van der Waals surface area contributed by atoms with Crippen LogP contribution in [-0.2, 0) is 0 Å². The van der Waals surface area contributed by atoms with E-state index in [1.54, 1.807) is 6.08 Å². The van der Waals surface area contributed by atoms with Crippen LogP contribution in [0.4, 0.5) is 4.39 Å². The summed E-state index contributed by atoms with van der Waals surface area (Å²) < 4.78 is 13.3. The SMILES string of the molecule is O=C(O)c1ccc(C=CCCBr)c(F)c1. The van der Waals surface area contributed by atoms with Crippen molar-refractivity contribution in [2.75, 3.05) is 5.33 Å². The minimum absolute atomic E-state index is 0.0369. The van der Waals surface area contributed by atoms with Gasteiger partial charge in [-0.05, 0) is 18.6 Å². The summed E-state index contributed by atoms with van der Waals surface area (Å²) in [5.41, 5.74) is 0.367. The van der Waals surface area contributed by atoms with Crippen LogP contribution in [0, 0.1) is 5.82 Å². The maximum atomic E-state index is 13.3. The van der Waals surface area contributed by atoms with E-state index in [9.17, 15) is 9.18 Å². The fourth-order valence-electron chi connectivity index (χ4n) is 1.07. The third kappa shape index (κ3) is 3.47. The first-order valence-corrected chi connectivity index (χ1v) is 5.52. The zero-order chi connectivity index (χ0) is 11.3. The van der Waals surface area contributed by atoms with Crippen LogP contribution >= 0.6 is 15.9 Å². The second-order valence-corrected chi connectivity index (χ2v) is 3.71. The molecule has 0 saturated heterocycles. The minimum atomic E-state index is -1.12. The molecule has 0 amide bonds. The van der Waals surface area contributed by atoms with Crippen molar-refractivity contribution in [2.24, 2.45) is 0 Å². The Kier molecular flexibility index (Phi) is 4.49. The molecular weight excluding hydrogens is 263 g/mol. The maximum Gasteiger partial charge on any atom is 0.335 e. The van der Waals surface area contributed by atoms with E-state index in [0.29, 0.717) is 5.56 Å². The number of benzene rings is 1. The lowest BCUT2D eigenvalue weighted by Crippen LogP contribution is -1.97. The number of aromatic carboxylic acids is 1. The van der Waals surface area contributed by atoms with E-state index in [2.05, 4.69) is 15.9 Å². The Morgan fingerprint density at radius 1 is 1.53 bits per heavy atom. The molecule has 0 fully saturated rings. The number of carboxylic acids is 1. The number of hydrogen-bond donors (Lipinski definition) is 1. The Morgan fingerprint density at radius 2 is 2.27 bits per heavy atom. The van der Waals surface area contributed by atoms with Gasteiger partial charge in [0.25, 0.3) is 0 Å². The van der Waals surface area contributed by atoms with E-state index >= 15 is 0 Å². The van der Waals surface area contributed by atoms with Gasteiger partial charge in [0.05, 0.1) is 5.56 Å². The lowest BCUT2D eigenvalue weighted by atomic mass is 10.1. The molecule has 0 aliphatic heterocycles. The topological polar surface area (TPSA) is 37.3 Å². The summed E-state index contributed by atoms with van der Waals surface area (Å²) in [6.45, 7) is 0. The van der Waals surface area contributed by atoms with Crippen LogP contribution in [-0.4, -0.2) is 16.4 Å². The second-order valence-electron chi connectivity index (χ2n) is 2.92. The number of allylic oxidation sites excluding steroid dienone is 1. The molecule has 0 heterocycles. The zero-order valence-electron chi connectivity index (χ0n) is 7.91. The van der Waals surface area contributed by atoms with Gasteiger partial charge in [-0.3, -0.25) is 0 Å². The minimum Gasteiger partial charge on any atom is -0.478 e. The smallest absolute Gasteiger partial charge is 0.335 e. The van der Waals surface area contributed by atoms with E-state index in [1.807, 2.05) is 6.08 Å². The monoisotopic (exact) mass is 272 g/mol. The molecule has 1 rings (SSSR count). The number of halogens is 2. The predicted molar refractivity (Wildman–Crippen MR) is 60.8 cm³/mol. The molecule has 1 aromatic rings. The zero-order valence-corrected chi connectivity index (χ0v) is 9.50. The lowest BCUT2D eigenvalue weighted by molar-refractivity contribution is 0.0696. The number of hydrogen-bond acceptors (Lipinski definition) is 1. The lowest BCUT2D eigenvalue weighted by Gasteiger charge is -1.98. The van der Waals surface area contributed by atoms with Crippen molar-refractivity contribution in [2.45, 2.75) is 6.42 Å². The van der Waals surface area contributed by atoms with E-state index < -0.39 is 11.8 Å². The van der Waals surface area contributed by atoms with Crippen molar-refractivity contribution in [3.05, 3.63) is 41.2 Å². The summed E-state index contributed by atoms with van der Waals surface area (Å²) in [4.78, 5) is 10.5. The number of alkyl halides is 1. The summed E-state index contributed by atoms with van der Waals surface area (Å²) >= 11 is 3.25. The third-order valence-electron chi connectivity index (χ3n) is 1.82. The number of carbonyl (C=O) groups is 1. The Morgan fingerprint density at radius 3 is 2.80 bits per heavy atom. The normalized spacial score (nSPS) is 10.8. The fraction of sp³-hybridized carbons (Fsp3) is 0.182. The average Bonchev–Trinajstić information content (AvgIpc) is 2.20. The van der Waals surface area contributed by atoms with E-state index in [-0.39, 0.29) is 5.56 Å². The molecule has 4 heteroatoms. The Bertz CT molecular complexity index is 388. The molecule has 1 N–H and O–H groups in total. The van der Waals surface area contributed by atoms with E-state index in [1.165, 1.54) is 12.1 Å². The molecule has 0 radical (unpaired) electrons. The van der Waals surface area contributed by atoms with Gasteiger partial charge < -0.3 is 5.11 Å². The molecule has 80 valence electrons. The van der Waals surface area contributed by atoms with Crippen molar-refractivity contribution in [3.63, 3.8) is 0 Å². The molecular formula is C11H10BrFO2. The highest BCUT2D eigenvalue weighted by atomic mass is 79.9. The molecule has 0 atom stereocenters. The van der Waals surface area contributed by atoms with Gasteiger partial charge in [0.15, 0.2) is 0 Å². The van der Waals surface area contributed by atoms with Crippen molar-refractivity contribution in [1.82, 2.24) is 0 Å². The molecule has 0 aliphatic carbocycles. The fourth-order valence-corrected chi connectivity index (χ4v) is 1.33. The Hall–Kier alpha value is -1.16. The van der Waals surface area contributed by atoms with Crippen LogP contribution in [0.2, 0.25) is 0 Å².